The Morgan fingerprint density at radius 3 is 2.56 bits per heavy atom. The molecule has 3 heterocycles. The van der Waals surface area contributed by atoms with E-state index in [0.717, 1.165) is 0 Å². The minimum atomic E-state index is -4.38. The maximum atomic E-state index is 14.0. The van der Waals surface area contributed by atoms with Crippen molar-refractivity contribution in [2.24, 2.45) is 9.81 Å². The Balaban J connectivity index is 1.45. The van der Waals surface area contributed by atoms with Crippen molar-refractivity contribution in [2.45, 2.75) is 71.1 Å². The first kappa shape index (κ1) is 32.7. The normalized spacial score (nSPS) is 21.8. The molecule has 0 spiro atoms. The lowest BCUT2D eigenvalue weighted by Gasteiger charge is -2.35. The predicted octanol–water partition coefficient (Wildman–Crippen LogP) is 2.44. The number of carbonyl (C=O) groups excluding carboxylic acids is 2. The van der Waals surface area contributed by atoms with Gasteiger partial charge in [0.05, 0.1) is 6.04 Å². The summed E-state index contributed by atoms with van der Waals surface area (Å²) < 4.78 is 74.4. The van der Waals surface area contributed by atoms with E-state index in [0.29, 0.717) is 17.5 Å². The summed E-state index contributed by atoms with van der Waals surface area (Å²) >= 11 is 0. The summed E-state index contributed by atoms with van der Waals surface area (Å²) in [5.41, 5.74) is 0.0559. The first-order valence-electron chi connectivity index (χ1n) is 14.4. The summed E-state index contributed by atoms with van der Waals surface area (Å²) in [5.74, 6) is -1.63. The maximum absolute atomic E-state index is 14.0. The zero-order valence-corrected chi connectivity index (χ0v) is 27.2. The monoisotopic (exact) mass is 661 g/mol. The molecule has 5 rings (SSSR count). The number of aryl methyl sites for hydroxylation is 1. The Morgan fingerprint density at radius 1 is 1.20 bits per heavy atom. The van der Waals surface area contributed by atoms with Crippen LogP contribution in [0.15, 0.2) is 57.0 Å². The van der Waals surface area contributed by atoms with Crippen molar-refractivity contribution in [3.8, 4) is 0 Å². The minimum absolute atomic E-state index is 0.0312. The molecule has 3 aliphatic rings. The number of carbonyl (C=O) groups is 2. The number of benzene rings is 2. The van der Waals surface area contributed by atoms with Gasteiger partial charge in [-0.15, -0.1) is 0 Å². The molecule has 45 heavy (non-hydrogen) atoms. The molecule has 2 amide bonds. The van der Waals surface area contributed by atoms with Crippen LogP contribution in [-0.4, -0.2) is 73.8 Å². The highest BCUT2D eigenvalue weighted by Crippen LogP contribution is 2.41. The molecule has 0 aliphatic carbocycles. The molecule has 2 aromatic carbocycles. The van der Waals surface area contributed by atoms with Gasteiger partial charge in [-0.3, -0.25) is 9.59 Å². The largest absolute Gasteiger partial charge is 0.509 e. The first-order chi connectivity index (χ1) is 20.9. The first-order valence-corrected chi connectivity index (χ1v) is 17.3. The molecule has 3 N–H and O–H groups in total. The van der Waals surface area contributed by atoms with E-state index >= 15 is 0 Å². The van der Waals surface area contributed by atoms with Crippen LogP contribution < -0.4 is 10.0 Å². The summed E-state index contributed by atoms with van der Waals surface area (Å²) in [7, 11) is -8.41. The van der Waals surface area contributed by atoms with Gasteiger partial charge < -0.3 is 15.3 Å². The molecule has 0 aromatic heterocycles. The standard InChI is InChI=1S/C30H36FN5O7S2/c1-17-13-19(9-10-23(17)31)15-36-28(30(3,4)5)26(38)24(29(36)39)25-22-8-6-7-20(27(22)44(40,41)34-25)14-32-45(42,43)35-12-11-21(16-35)33-18(2)37/h6-10,13,21,28,32,38H,11-12,14-16H2,1-5H3,(H,33,37)/t21?,28-/m1/s1. The highest BCUT2D eigenvalue weighted by Gasteiger charge is 2.49. The zero-order valence-electron chi connectivity index (χ0n) is 25.6. The fourth-order valence-electron chi connectivity index (χ4n) is 6.14. The quantitative estimate of drug-likeness (QED) is 0.391. The number of nitrogens with one attached hydrogen (secondary N) is 2. The third-order valence-electron chi connectivity index (χ3n) is 8.10. The van der Waals surface area contributed by atoms with Gasteiger partial charge in [0.15, 0.2) is 0 Å². The van der Waals surface area contributed by atoms with Crippen LogP contribution in [0.25, 0.3) is 0 Å². The molecule has 1 fully saturated rings. The van der Waals surface area contributed by atoms with Crippen LogP contribution in [0.4, 0.5) is 4.39 Å². The predicted molar refractivity (Wildman–Crippen MR) is 164 cm³/mol. The SMILES string of the molecule is CC(=O)NC1CCN(S(=O)(=O)NCc2cccc3c2S(=O)(=O)N=C3C2=C(O)[C@H](C(C)(C)C)N(Cc3ccc(F)c(C)c3)C2=O)C1. The number of fused-ring (bicyclic) bond motifs is 1. The van der Waals surface area contributed by atoms with Crippen molar-refractivity contribution in [3.63, 3.8) is 0 Å². The van der Waals surface area contributed by atoms with Crippen LogP contribution in [0.5, 0.6) is 0 Å². The molecule has 0 radical (unpaired) electrons. The number of aliphatic hydroxyl groups is 1. The zero-order chi connectivity index (χ0) is 33.1. The summed E-state index contributed by atoms with van der Waals surface area (Å²) in [6.45, 7) is 8.35. The van der Waals surface area contributed by atoms with Gasteiger partial charge in [0, 0.05) is 44.7 Å². The van der Waals surface area contributed by atoms with Gasteiger partial charge in [-0.1, -0.05) is 51.1 Å². The van der Waals surface area contributed by atoms with Crippen LogP contribution in [0, 0.1) is 18.2 Å². The number of sulfonamides is 1. The van der Waals surface area contributed by atoms with Gasteiger partial charge in [0.2, 0.25) is 5.91 Å². The van der Waals surface area contributed by atoms with Gasteiger partial charge in [-0.05, 0) is 41.5 Å². The molecule has 12 nitrogen and oxygen atoms in total. The molecule has 2 atom stereocenters. The van der Waals surface area contributed by atoms with Crippen LogP contribution in [-0.2, 0) is 42.9 Å². The molecule has 0 bridgehead atoms. The number of rotatable bonds is 8. The molecule has 15 heteroatoms. The van der Waals surface area contributed by atoms with Gasteiger partial charge in [0.1, 0.15) is 27.8 Å². The Bertz CT molecular complexity index is 1870. The van der Waals surface area contributed by atoms with Crippen molar-refractivity contribution in [3.05, 3.63) is 75.8 Å². The molecular weight excluding hydrogens is 625 g/mol. The molecular formula is C30H36FN5O7S2. The molecule has 3 aliphatic heterocycles. The van der Waals surface area contributed by atoms with Crippen molar-refractivity contribution in [2.75, 3.05) is 13.1 Å². The second-order valence-electron chi connectivity index (χ2n) is 12.6. The Morgan fingerprint density at radius 2 is 1.91 bits per heavy atom. The lowest BCUT2D eigenvalue weighted by Crippen LogP contribution is -2.43. The average Bonchev–Trinajstić information content (AvgIpc) is 3.58. The number of hydrogen-bond acceptors (Lipinski definition) is 7. The van der Waals surface area contributed by atoms with E-state index in [4.69, 9.17) is 0 Å². The molecule has 1 unspecified atom stereocenters. The highest BCUT2D eigenvalue weighted by atomic mass is 32.2. The fraction of sp³-hybridized carbons (Fsp3) is 0.433. The van der Waals surface area contributed by atoms with Crippen molar-refractivity contribution < 1.29 is 35.9 Å². The number of aliphatic hydroxyl groups excluding tert-OH is 1. The molecule has 1 saturated heterocycles. The van der Waals surface area contributed by atoms with Crippen LogP contribution in [0.2, 0.25) is 0 Å². The second kappa shape index (κ2) is 11.6. The van der Waals surface area contributed by atoms with E-state index in [1.165, 1.54) is 40.4 Å². The second-order valence-corrected chi connectivity index (χ2v) is 15.9. The molecule has 2 aromatic rings. The van der Waals surface area contributed by atoms with Gasteiger partial charge in [0.25, 0.3) is 26.1 Å². The lowest BCUT2D eigenvalue weighted by atomic mass is 9.84. The van der Waals surface area contributed by atoms with Crippen molar-refractivity contribution in [1.82, 2.24) is 19.2 Å². The number of amides is 2. The molecule has 242 valence electrons. The summed E-state index contributed by atoms with van der Waals surface area (Å²) in [6.07, 6.45) is 0.437. The number of hydrogen-bond donors (Lipinski definition) is 3. The van der Waals surface area contributed by atoms with Crippen molar-refractivity contribution in [1.29, 1.82) is 0 Å². The average molecular weight is 662 g/mol. The number of nitrogens with zero attached hydrogens (tertiary/aromatic N) is 3. The fourth-order valence-corrected chi connectivity index (χ4v) is 8.82. The van der Waals surface area contributed by atoms with Crippen LogP contribution >= 0.6 is 0 Å². The summed E-state index contributed by atoms with van der Waals surface area (Å²) in [5, 5.41) is 14.2. The Labute approximate surface area is 262 Å². The van der Waals surface area contributed by atoms with Gasteiger partial charge in [-0.25, -0.2) is 4.39 Å². The third kappa shape index (κ3) is 6.26. The van der Waals surface area contributed by atoms with E-state index in [-0.39, 0.29) is 71.2 Å². The number of halogens is 1. The van der Waals surface area contributed by atoms with E-state index in [2.05, 4.69) is 14.4 Å². The Hall–Kier alpha value is -3.66. The smallest absolute Gasteiger partial charge is 0.283 e. The maximum Gasteiger partial charge on any atom is 0.283 e. The van der Waals surface area contributed by atoms with E-state index in [1.807, 2.05) is 20.8 Å². The summed E-state index contributed by atoms with van der Waals surface area (Å²) in [4.78, 5) is 26.5. The topological polar surface area (TPSA) is 166 Å². The van der Waals surface area contributed by atoms with Crippen LogP contribution in [0.3, 0.4) is 0 Å². The highest BCUT2D eigenvalue weighted by molar-refractivity contribution is 7.91. The van der Waals surface area contributed by atoms with E-state index in [9.17, 15) is 35.9 Å². The lowest BCUT2D eigenvalue weighted by molar-refractivity contribution is -0.129. The van der Waals surface area contributed by atoms with Crippen LogP contribution in [0.1, 0.15) is 56.4 Å². The Kier molecular flexibility index (Phi) is 8.44. The van der Waals surface area contributed by atoms with E-state index < -0.39 is 43.4 Å². The van der Waals surface area contributed by atoms with Gasteiger partial charge >= 0.3 is 0 Å². The van der Waals surface area contributed by atoms with E-state index in [1.54, 1.807) is 19.1 Å². The third-order valence-corrected chi connectivity index (χ3v) is 11.0. The summed E-state index contributed by atoms with van der Waals surface area (Å²) in [6, 6.07) is 7.73. The molecule has 0 saturated carbocycles. The minimum Gasteiger partial charge on any atom is -0.509 e. The van der Waals surface area contributed by atoms with Gasteiger partial charge in [-0.2, -0.15) is 30.3 Å². The van der Waals surface area contributed by atoms with Crippen molar-refractivity contribution >= 4 is 37.8 Å².